The first-order chi connectivity index (χ1) is 15.9. The lowest BCUT2D eigenvalue weighted by Gasteiger charge is -2.12. The standard InChI is InChI=1S/C25H20N2O5S/c1-17-6-8-19(9-7-17)16-32-21-12-10-18(11-13-21)14-23-24(28)26(25(29)33-23)15-20-4-2-3-5-22(20)27(30)31/h2-14H,15-16H2,1H3/b23-14-. The summed E-state index contributed by atoms with van der Waals surface area (Å²) in [7, 11) is 0. The number of hydrogen-bond donors (Lipinski definition) is 0. The lowest BCUT2D eigenvalue weighted by atomic mass is 10.1. The Balaban J connectivity index is 1.43. The summed E-state index contributed by atoms with van der Waals surface area (Å²) in [5, 5.41) is 10.8. The Labute approximate surface area is 194 Å². The number of rotatable bonds is 7. The minimum absolute atomic E-state index is 0.123. The third kappa shape index (κ3) is 5.30. The van der Waals surface area contributed by atoms with Crippen LogP contribution in [0.2, 0.25) is 0 Å². The molecule has 0 saturated carbocycles. The zero-order valence-electron chi connectivity index (χ0n) is 17.8. The van der Waals surface area contributed by atoms with Crippen LogP contribution in [-0.4, -0.2) is 21.0 Å². The molecule has 0 bridgehead atoms. The predicted octanol–water partition coefficient (Wildman–Crippen LogP) is 5.72. The van der Waals surface area contributed by atoms with Gasteiger partial charge in [-0.25, -0.2) is 0 Å². The Morgan fingerprint density at radius 3 is 2.39 bits per heavy atom. The van der Waals surface area contributed by atoms with Gasteiger partial charge in [-0.2, -0.15) is 0 Å². The monoisotopic (exact) mass is 460 g/mol. The van der Waals surface area contributed by atoms with E-state index < -0.39 is 16.1 Å². The fraction of sp³-hybridized carbons (Fsp3) is 0.120. The molecule has 166 valence electrons. The van der Waals surface area contributed by atoms with Crippen LogP contribution < -0.4 is 4.74 Å². The maximum atomic E-state index is 12.8. The van der Waals surface area contributed by atoms with Crippen LogP contribution in [0.3, 0.4) is 0 Å². The summed E-state index contributed by atoms with van der Waals surface area (Å²) in [5.74, 6) is 0.222. The molecule has 0 unspecified atom stereocenters. The number of benzene rings is 3. The number of nitrogens with zero attached hydrogens (tertiary/aromatic N) is 2. The van der Waals surface area contributed by atoms with E-state index >= 15 is 0 Å². The van der Waals surface area contributed by atoms with E-state index in [0.717, 1.165) is 27.8 Å². The van der Waals surface area contributed by atoms with Crippen LogP contribution in [0, 0.1) is 17.0 Å². The van der Waals surface area contributed by atoms with Crippen LogP contribution in [0.5, 0.6) is 5.75 Å². The van der Waals surface area contributed by atoms with Crippen LogP contribution in [0.25, 0.3) is 6.08 Å². The maximum absolute atomic E-state index is 12.8. The lowest BCUT2D eigenvalue weighted by Crippen LogP contribution is -2.27. The normalized spacial score (nSPS) is 14.7. The second-order valence-corrected chi connectivity index (χ2v) is 8.49. The van der Waals surface area contributed by atoms with Gasteiger partial charge in [-0.15, -0.1) is 0 Å². The second-order valence-electron chi connectivity index (χ2n) is 7.50. The molecular formula is C25H20N2O5S. The van der Waals surface area contributed by atoms with E-state index in [2.05, 4.69) is 0 Å². The molecule has 1 fully saturated rings. The highest BCUT2D eigenvalue weighted by molar-refractivity contribution is 8.18. The Morgan fingerprint density at radius 1 is 1.00 bits per heavy atom. The zero-order valence-corrected chi connectivity index (χ0v) is 18.6. The maximum Gasteiger partial charge on any atom is 0.293 e. The van der Waals surface area contributed by atoms with Crippen molar-refractivity contribution >= 4 is 34.7 Å². The number of ether oxygens (including phenoxy) is 1. The molecule has 8 heteroatoms. The highest BCUT2D eigenvalue weighted by Crippen LogP contribution is 2.34. The van der Waals surface area contributed by atoms with E-state index in [9.17, 15) is 19.7 Å². The van der Waals surface area contributed by atoms with Gasteiger partial charge in [0.2, 0.25) is 0 Å². The van der Waals surface area contributed by atoms with Gasteiger partial charge in [0, 0.05) is 11.6 Å². The molecular weight excluding hydrogens is 440 g/mol. The molecule has 33 heavy (non-hydrogen) atoms. The molecule has 2 amide bonds. The molecule has 3 aromatic rings. The smallest absolute Gasteiger partial charge is 0.293 e. The first kappa shape index (κ1) is 22.3. The van der Waals surface area contributed by atoms with Gasteiger partial charge in [0.15, 0.2) is 0 Å². The van der Waals surface area contributed by atoms with Crippen molar-refractivity contribution in [1.29, 1.82) is 0 Å². The third-order valence-electron chi connectivity index (χ3n) is 5.09. The molecule has 0 aliphatic carbocycles. The van der Waals surface area contributed by atoms with Gasteiger partial charge in [0.25, 0.3) is 16.8 Å². The molecule has 3 aromatic carbocycles. The van der Waals surface area contributed by atoms with Crippen LogP contribution in [0.15, 0.2) is 77.7 Å². The van der Waals surface area contributed by atoms with Crippen molar-refractivity contribution in [2.24, 2.45) is 0 Å². The minimum Gasteiger partial charge on any atom is -0.489 e. The first-order valence-corrected chi connectivity index (χ1v) is 11.0. The van der Waals surface area contributed by atoms with E-state index in [1.54, 1.807) is 48.5 Å². The van der Waals surface area contributed by atoms with Crippen LogP contribution in [-0.2, 0) is 17.9 Å². The van der Waals surface area contributed by atoms with Crippen molar-refractivity contribution in [3.05, 3.63) is 110 Å². The number of carbonyl (C=O) groups excluding carboxylic acids is 2. The van der Waals surface area contributed by atoms with Crippen LogP contribution in [0.1, 0.15) is 22.3 Å². The SMILES string of the molecule is Cc1ccc(COc2ccc(/C=C3\SC(=O)N(Cc4ccccc4[N+](=O)[O-])C3=O)cc2)cc1. The number of imide groups is 1. The molecule has 1 aliphatic rings. The molecule has 1 saturated heterocycles. The van der Waals surface area contributed by atoms with Gasteiger partial charge < -0.3 is 4.74 Å². The highest BCUT2D eigenvalue weighted by atomic mass is 32.2. The molecule has 0 spiro atoms. The Kier molecular flexibility index (Phi) is 6.55. The molecule has 1 aliphatic heterocycles. The van der Waals surface area contributed by atoms with E-state index in [4.69, 9.17) is 4.74 Å². The van der Waals surface area contributed by atoms with Gasteiger partial charge >= 0.3 is 0 Å². The minimum atomic E-state index is -0.521. The molecule has 0 atom stereocenters. The van der Waals surface area contributed by atoms with Crippen LogP contribution in [0.4, 0.5) is 10.5 Å². The van der Waals surface area contributed by atoms with Crippen LogP contribution >= 0.6 is 11.8 Å². The number of carbonyl (C=O) groups is 2. The third-order valence-corrected chi connectivity index (χ3v) is 6.00. The summed E-state index contributed by atoms with van der Waals surface area (Å²) >= 11 is 0.820. The molecule has 4 rings (SSSR count). The van der Waals surface area contributed by atoms with E-state index in [1.165, 1.54) is 11.6 Å². The van der Waals surface area contributed by atoms with Gasteiger partial charge in [-0.05, 0) is 48.0 Å². The zero-order chi connectivity index (χ0) is 23.4. The molecule has 0 radical (unpaired) electrons. The van der Waals surface area contributed by atoms with Gasteiger partial charge in [0.05, 0.1) is 16.4 Å². The number of para-hydroxylation sites is 1. The number of nitro benzene ring substituents is 1. The second kappa shape index (κ2) is 9.70. The van der Waals surface area contributed by atoms with Gasteiger partial charge in [0.1, 0.15) is 12.4 Å². The van der Waals surface area contributed by atoms with E-state index in [-0.39, 0.29) is 17.1 Å². The number of thioether (sulfide) groups is 1. The number of amides is 2. The van der Waals surface area contributed by atoms with E-state index in [1.807, 2.05) is 31.2 Å². The molecule has 0 N–H and O–H groups in total. The number of nitro groups is 1. The number of hydrogen-bond acceptors (Lipinski definition) is 6. The van der Waals surface area contributed by atoms with Crippen molar-refractivity contribution in [2.75, 3.05) is 0 Å². The highest BCUT2D eigenvalue weighted by Gasteiger charge is 2.36. The number of aryl methyl sites for hydroxylation is 1. The lowest BCUT2D eigenvalue weighted by molar-refractivity contribution is -0.385. The van der Waals surface area contributed by atoms with E-state index in [0.29, 0.717) is 17.9 Å². The predicted molar refractivity (Wildman–Crippen MR) is 127 cm³/mol. The van der Waals surface area contributed by atoms with Crippen molar-refractivity contribution in [3.63, 3.8) is 0 Å². The summed E-state index contributed by atoms with van der Waals surface area (Å²) in [5.41, 5.74) is 3.18. The van der Waals surface area contributed by atoms with Crippen molar-refractivity contribution in [3.8, 4) is 5.75 Å². The largest absolute Gasteiger partial charge is 0.489 e. The fourth-order valence-corrected chi connectivity index (χ4v) is 4.13. The van der Waals surface area contributed by atoms with Crippen molar-refractivity contribution in [1.82, 2.24) is 4.90 Å². The molecule has 1 heterocycles. The van der Waals surface area contributed by atoms with Gasteiger partial charge in [-0.1, -0.05) is 60.2 Å². The Hall–Kier alpha value is -3.91. The topological polar surface area (TPSA) is 89.8 Å². The van der Waals surface area contributed by atoms with Crippen molar-refractivity contribution in [2.45, 2.75) is 20.1 Å². The summed E-state index contributed by atoms with van der Waals surface area (Å²) in [6.45, 7) is 2.33. The summed E-state index contributed by atoms with van der Waals surface area (Å²) in [6, 6.07) is 21.4. The average molecular weight is 461 g/mol. The molecule has 0 aromatic heterocycles. The Morgan fingerprint density at radius 2 is 1.70 bits per heavy atom. The quantitative estimate of drug-likeness (QED) is 0.255. The summed E-state index contributed by atoms with van der Waals surface area (Å²) in [6.07, 6.45) is 1.63. The summed E-state index contributed by atoms with van der Waals surface area (Å²) < 4.78 is 5.80. The first-order valence-electron chi connectivity index (χ1n) is 10.2. The van der Waals surface area contributed by atoms with Gasteiger partial charge in [-0.3, -0.25) is 24.6 Å². The Bertz CT molecular complexity index is 1240. The molecule has 7 nitrogen and oxygen atoms in total. The van der Waals surface area contributed by atoms with Crippen molar-refractivity contribution < 1.29 is 19.2 Å². The summed E-state index contributed by atoms with van der Waals surface area (Å²) in [4.78, 5) is 37.2. The average Bonchev–Trinajstić information content (AvgIpc) is 3.07. The fourth-order valence-electron chi connectivity index (χ4n) is 3.29.